The normalized spacial score (nSPS) is 16.3. The maximum Gasteiger partial charge on any atom is 0.338 e. The first-order valence-electron chi connectivity index (χ1n) is 8.38. The van der Waals surface area contributed by atoms with Crippen LogP contribution in [-0.4, -0.2) is 29.7 Å². The first-order valence-corrected chi connectivity index (χ1v) is 8.38. The second-order valence-corrected chi connectivity index (χ2v) is 5.83. The summed E-state index contributed by atoms with van der Waals surface area (Å²) >= 11 is 0. The van der Waals surface area contributed by atoms with Crippen LogP contribution in [-0.2, 0) is 9.53 Å². The number of esters is 1. The summed E-state index contributed by atoms with van der Waals surface area (Å²) in [6.45, 7) is 1.88. The Bertz CT molecular complexity index is 904. The van der Waals surface area contributed by atoms with Crippen molar-refractivity contribution in [3.8, 4) is 0 Å². The van der Waals surface area contributed by atoms with Gasteiger partial charge in [-0.25, -0.2) is 14.4 Å². The van der Waals surface area contributed by atoms with Crippen LogP contribution in [0.4, 0.5) is 4.79 Å². The molecule has 138 valence electrons. The smallest absolute Gasteiger partial charge is 0.338 e. The number of urea groups is 1. The highest BCUT2D eigenvalue weighted by molar-refractivity contribution is 6.04. The van der Waals surface area contributed by atoms with E-state index in [0.717, 1.165) is 0 Å². The Balaban J connectivity index is 2.13. The summed E-state index contributed by atoms with van der Waals surface area (Å²) in [5.74, 6) is -1.61. The molecule has 2 aromatic rings. The van der Waals surface area contributed by atoms with Crippen LogP contribution in [0.25, 0.3) is 5.70 Å². The zero-order valence-corrected chi connectivity index (χ0v) is 14.6. The van der Waals surface area contributed by atoms with Gasteiger partial charge in [-0.05, 0) is 30.2 Å². The third kappa shape index (κ3) is 3.82. The molecular formula is C20H18N2O5. The Morgan fingerprint density at radius 1 is 1.07 bits per heavy atom. The molecule has 1 unspecified atom stereocenters. The highest BCUT2D eigenvalue weighted by Crippen LogP contribution is 2.32. The second-order valence-electron chi connectivity index (χ2n) is 5.83. The van der Waals surface area contributed by atoms with Crippen molar-refractivity contribution in [3.63, 3.8) is 0 Å². The van der Waals surface area contributed by atoms with E-state index in [4.69, 9.17) is 9.84 Å². The van der Waals surface area contributed by atoms with E-state index in [1.165, 1.54) is 12.1 Å². The average molecular weight is 366 g/mol. The van der Waals surface area contributed by atoms with Gasteiger partial charge in [0.05, 0.1) is 29.5 Å². The van der Waals surface area contributed by atoms with Crippen LogP contribution in [0.1, 0.15) is 34.5 Å². The molecule has 1 atom stereocenters. The molecule has 3 N–H and O–H groups in total. The van der Waals surface area contributed by atoms with Gasteiger partial charge in [-0.2, -0.15) is 0 Å². The first-order chi connectivity index (χ1) is 13.0. The minimum absolute atomic E-state index is 0.115. The van der Waals surface area contributed by atoms with Crippen LogP contribution in [0, 0.1) is 0 Å². The van der Waals surface area contributed by atoms with E-state index in [1.54, 1.807) is 43.3 Å². The van der Waals surface area contributed by atoms with E-state index < -0.39 is 24.0 Å². The standard InChI is InChI=1S/C20H18N2O5/c1-2-27-19(25)15-16(12-6-4-3-5-7-12)21-20(26)22-17(15)13-8-10-14(11-9-13)18(23)24/h3-11,17H,2H2,1H3,(H,23,24)(H2,21,22,26). The molecule has 2 amide bonds. The lowest BCUT2D eigenvalue weighted by molar-refractivity contribution is -0.138. The molecule has 0 aromatic heterocycles. The number of carboxylic acids is 1. The van der Waals surface area contributed by atoms with E-state index in [-0.39, 0.29) is 17.7 Å². The third-order valence-corrected chi connectivity index (χ3v) is 4.12. The van der Waals surface area contributed by atoms with E-state index in [2.05, 4.69) is 10.6 Å². The van der Waals surface area contributed by atoms with Crippen molar-refractivity contribution in [2.75, 3.05) is 6.61 Å². The zero-order chi connectivity index (χ0) is 19.4. The number of ether oxygens (including phenoxy) is 1. The number of aromatic carboxylic acids is 1. The fraction of sp³-hybridized carbons (Fsp3) is 0.150. The molecule has 0 radical (unpaired) electrons. The highest BCUT2D eigenvalue weighted by atomic mass is 16.5. The number of carboxylic acid groups (broad SMARTS) is 1. The summed E-state index contributed by atoms with van der Waals surface area (Å²) in [4.78, 5) is 36.0. The van der Waals surface area contributed by atoms with E-state index in [9.17, 15) is 14.4 Å². The Hall–Kier alpha value is -3.61. The molecule has 0 aliphatic carbocycles. The molecule has 0 bridgehead atoms. The molecular weight excluding hydrogens is 348 g/mol. The molecule has 3 rings (SSSR count). The van der Waals surface area contributed by atoms with E-state index >= 15 is 0 Å². The number of carbonyl (C=O) groups is 3. The molecule has 7 heteroatoms. The van der Waals surface area contributed by atoms with Crippen molar-refractivity contribution < 1.29 is 24.2 Å². The molecule has 0 saturated carbocycles. The number of hydrogen-bond donors (Lipinski definition) is 3. The molecule has 1 aliphatic rings. The predicted octanol–water partition coefficient (Wildman–Crippen LogP) is 2.71. The predicted molar refractivity (Wildman–Crippen MR) is 97.8 cm³/mol. The Kier molecular flexibility index (Phi) is 5.21. The highest BCUT2D eigenvalue weighted by Gasteiger charge is 2.34. The minimum atomic E-state index is -1.05. The molecule has 2 aromatic carbocycles. The van der Waals surface area contributed by atoms with Crippen molar-refractivity contribution in [1.82, 2.24) is 10.6 Å². The van der Waals surface area contributed by atoms with Gasteiger partial charge in [0.1, 0.15) is 0 Å². The SMILES string of the molecule is CCOC(=O)C1=C(c2ccccc2)NC(=O)NC1c1ccc(C(=O)O)cc1. The van der Waals surface area contributed by atoms with Crippen molar-refractivity contribution in [2.24, 2.45) is 0 Å². The Morgan fingerprint density at radius 2 is 1.74 bits per heavy atom. The average Bonchev–Trinajstić information content (AvgIpc) is 2.68. The molecule has 1 aliphatic heterocycles. The van der Waals surface area contributed by atoms with Gasteiger partial charge in [-0.1, -0.05) is 42.5 Å². The quantitative estimate of drug-likeness (QED) is 0.706. The monoisotopic (exact) mass is 366 g/mol. The van der Waals surface area contributed by atoms with Gasteiger partial charge in [0, 0.05) is 0 Å². The third-order valence-electron chi connectivity index (χ3n) is 4.12. The largest absolute Gasteiger partial charge is 0.478 e. The maximum atomic E-state index is 12.7. The lowest BCUT2D eigenvalue weighted by atomic mass is 9.92. The van der Waals surface area contributed by atoms with Gasteiger partial charge in [-0.3, -0.25) is 0 Å². The van der Waals surface area contributed by atoms with Crippen molar-refractivity contribution >= 4 is 23.7 Å². The first kappa shape index (κ1) is 18.2. The van der Waals surface area contributed by atoms with Crippen LogP contribution in [0.15, 0.2) is 60.2 Å². The number of amides is 2. The minimum Gasteiger partial charge on any atom is -0.478 e. The number of hydrogen-bond acceptors (Lipinski definition) is 4. The lowest BCUT2D eigenvalue weighted by Gasteiger charge is -2.29. The van der Waals surface area contributed by atoms with Crippen molar-refractivity contribution in [3.05, 3.63) is 76.9 Å². The van der Waals surface area contributed by atoms with Crippen LogP contribution in [0.2, 0.25) is 0 Å². The van der Waals surface area contributed by atoms with Gasteiger partial charge in [0.2, 0.25) is 0 Å². The van der Waals surface area contributed by atoms with Crippen LogP contribution >= 0.6 is 0 Å². The molecule has 0 saturated heterocycles. The maximum absolute atomic E-state index is 12.7. The molecule has 0 spiro atoms. The molecule has 27 heavy (non-hydrogen) atoms. The fourth-order valence-corrected chi connectivity index (χ4v) is 2.89. The van der Waals surface area contributed by atoms with Gasteiger partial charge >= 0.3 is 18.0 Å². The van der Waals surface area contributed by atoms with Gasteiger partial charge in [-0.15, -0.1) is 0 Å². The zero-order valence-electron chi connectivity index (χ0n) is 14.6. The summed E-state index contributed by atoms with van der Waals surface area (Å²) in [5.41, 5.74) is 1.98. The molecule has 0 fully saturated rings. The van der Waals surface area contributed by atoms with Crippen molar-refractivity contribution in [2.45, 2.75) is 13.0 Å². The summed E-state index contributed by atoms with van der Waals surface area (Å²) < 4.78 is 5.20. The summed E-state index contributed by atoms with van der Waals surface area (Å²) in [5, 5.41) is 14.5. The summed E-state index contributed by atoms with van der Waals surface area (Å²) in [7, 11) is 0. The number of nitrogens with one attached hydrogen (secondary N) is 2. The molecule has 7 nitrogen and oxygen atoms in total. The van der Waals surface area contributed by atoms with Crippen LogP contribution < -0.4 is 10.6 Å². The molecule has 1 heterocycles. The van der Waals surface area contributed by atoms with Crippen molar-refractivity contribution in [1.29, 1.82) is 0 Å². The van der Waals surface area contributed by atoms with Gasteiger partial charge in [0.25, 0.3) is 0 Å². The van der Waals surface area contributed by atoms with Crippen LogP contribution in [0.5, 0.6) is 0 Å². The fourth-order valence-electron chi connectivity index (χ4n) is 2.89. The van der Waals surface area contributed by atoms with Gasteiger partial charge < -0.3 is 20.5 Å². The second kappa shape index (κ2) is 7.74. The summed E-state index contributed by atoms with van der Waals surface area (Å²) in [6, 6.07) is 13.8. The van der Waals surface area contributed by atoms with Gasteiger partial charge in [0.15, 0.2) is 0 Å². The Morgan fingerprint density at radius 3 is 2.33 bits per heavy atom. The Labute approximate surface area is 155 Å². The number of carbonyl (C=O) groups excluding carboxylic acids is 2. The van der Waals surface area contributed by atoms with Crippen LogP contribution in [0.3, 0.4) is 0 Å². The number of rotatable bonds is 5. The summed E-state index contributed by atoms with van der Waals surface area (Å²) in [6.07, 6.45) is 0. The number of benzene rings is 2. The lowest BCUT2D eigenvalue weighted by Crippen LogP contribution is -2.45. The van der Waals surface area contributed by atoms with E-state index in [0.29, 0.717) is 16.8 Å². The topological polar surface area (TPSA) is 105 Å². The van der Waals surface area contributed by atoms with E-state index in [1.807, 2.05) is 6.07 Å².